The van der Waals surface area contributed by atoms with Gasteiger partial charge in [0.25, 0.3) is 0 Å². The number of alkyl halides is 3. The molecule has 0 fully saturated rings. The highest BCUT2D eigenvalue weighted by molar-refractivity contribution is 7.11. The second-order valence-corrected chi connectivity index (χ2v) is 7.08. The summed E-state index contributed by atoms with van der Waals surface area (Å²) in [6.07, 6.45) is -3.53. The Morgan fingerprint density at radius 3 is 2.37 bits per heavy atom. The minimum absolute atomic E-state index is 0.303. The topological polar surface area (TPSA) is 58.5 Å². The summed E-state index contributed by atoms with van der Waals surface area (Å²) in [5.74, 6) is 1.03. The molecule has 0 aliphatic carbocycles. The zero-order chi connectivity index (χ0) is 19.9. The first-order chi connectivity index (χ1) is 12.8. The van der Waals surface area contributed by atoms with E-state index in [0.717, 1.165) is 29.3 Å². The molecule has 9 heteroatoms. The van der Waals surface area contributed by atoms with Gasteiger partial charge in [-0.3, -0.25) is 4.99 Å². The minimum atomic E-state index is -4.34. The molecule has 0 radical (unpaired) electrons. The molecule has 2 aromatic rings. The summed E-state index contributed by atoms with van der Waals surface area (Å²) < 4.78 is 43.0. The molecule has 0 spiro atoms. The van der Waals surface area contributed by atoms with Crippen LogP contribution in [0.25, 0.3) is 0 Å². The maximum atomic E-state index is 12.5. The van der Waals surface area contributed by atoms with Crippen molar-refractivity contribution < 1.29 is 17.9 Å². The van der Waals surface area contributed by atoms with Crippen LogP contribution in [-0.2, 0) is 12.6 Å². The van der Waals surface area contributed by atoms with E-state index in [4.69, 9.17) is 4.74 Å². The van der Waals surface area contributed by atoms with E-state index in [-0.39, 0.29) is 0 Å². The molecule has 0 unspecified atom stereocenters. The Morgan fingerprint density at radius 1 is 1.15 bits per heavy atom. The average Bonchev–Trinajstić information content (AvgIpc) is 2.94. The lowest BCUT2D eigenvalue weighted by Gasteiger charge is -2.12. The molecule has 2 N–H and O–H groups in total. The Labute approximate surface area is 160 Å². The Morgan fingerprint density at radius 2 is 1.81 bits per heavy atom. The van der Waals surface area contributed by atoms with E-state index in [1.54, 1.807) is 18.4 Å². The number of thiazole rings is 1. The van der Waals surface area contributed by atoms with E-state index in [1.165, 1.54) is 17.0 Å². The van der Waals surface area contributed by atoms with Crippen LogP contribution < -0.4 is 15.4 Å². The number of rotatable bonds is 7. The first kappa shape index (κ1) is 21.0. The van der Waals surface area contributed by atoms with Gasteiger partial charge in [0, 0.05) is 24.9 Å². The maximum Gasteiger partial charge on any atom is 0.416 e. The number of aryl methyl sites for hydroxylation is 2. The lowest BCUT2D eigenvalue weighted by Crippen LogP contribution is -2.40. The van der Waals surface area contributed by atoms with Crippen molar-refractivity contribution in [2.45, 2.75) is 26.4 Å². The normalized spacial score (nSPS) is 12.1. The van der Waals surface area contributed by atoms with Crippen LogP contribution in [0.5, 0.6) is 5.75 Å². The van der Waals surface area contributed by atoms with E-state index in [2.05, 4.69) is 27.5 Å². The van der Waals surface area contributed by atoms with Gasteiger partial charge in [-0.25, -0.2) is 4.98 Å². The van der Waals surface area contributed by atoms with Gasteiger partial charge in [0.15, 0.2) is 5.96 Å². The molecule has 27 heavy (non-hydrogen) atoms. The number of aliphatic imine (C=N–C) groups is 1. The van der Waals surface area contributed by atoms with Crippen LogP contribution in [0.2, 0.25) is 0 Å². The maximum absolute atomic E-state index is 12.5. The molecular formula is C18H23F3N4OS. The molecule has 0 aliphatic rings. The fourth-order valence-corrected chi connectivity index (χ4v) is 3.17. The first-order valence-corrected chi connectivity index (χ1v) is 9.28. The molecule has 1 heterocycles. The number of nitrogens with one attached hydrogen (secondary N) is 2. The van der Waals surface area contributed by atoms with Crippen molar-refractivity contribution in [3.05, 3.63) is 45.4 Å². The van der Waals surface area contributed by atoms with Crippen LogP contribution in [0.4, 0.5) is 13.2 Å². The van der Waals surface area contributed by atoms with Gasteiger partial charge in [0.1, 0.15) is 12.4 Å². The lowest BCUT2D eigenvalue weighted by molar-refractivity contribution is -0.137. The molecule has 0 saturated carbocycles. The summed E-state index contributed by atoms with van der Waals surface area (Å²) in [4.78, 5) is 9.84. The van der Waals surface area contributed by atoms with Gasteiger partial charge in [0.05, 0.1) is 22.8 Å². The summed E-state index contributed by atoms with van der Waals surface area (Å²) in [7, 11) is 1.67. The largest absolute Gasteiger partial charge is 0.492 e. The number of benzene rings is 1. The highest BCUT2D eigenvalue weighted by atomic mass is 32.1. The number of aromatic nitrogens is 1. The molecule has 0 saturated heterocycles. The van der Waals surface area contributed by atoms with E-state index in [9.17, 15) is 13.2 Å². The SMILES string of the molecule is CN=C(NCCOc1ccc(C(F)(F)F)cc1)NCCc1nc(C)c(C)s1. The van der Waals surface area contributed by atoms with Crippen molar-refractivity contribution in [3.63, 3.8) is 0 Å². The van der Waals surface area contributed by atoms with Gasteiger partial charge in [-0.2, -0.15) is 13.2 Å². The van der Waals surface area contributed by atoms with Gasteiger partial charge in [-0.1, -0.05) is 0 Å². The zero-order valence-electron chi connectivity index (χ0n) is 15.5. The van der Waals surface area contributed by atoms with Crippen LogP contribution >= 0.6 is 11.3 Å². The van der Waals surface area contributed by atoms with Crippen molar-refractivity contribution >= 4 is 17.3 Å². The fourth-order valence-electron chi connectivity index (χ4n) is 2.23. The van der Waals surface area contributed by atoms with Crippen molar-refractivity contribution in [1.82, 2.24) is 15.6 Å². The number of hydrogen-bond donors (Lipinski definition) is 2. The Balaban J connectivity index is 1.67. The Kier molecular flexibility index (Phi) is 7.46. The third-order valence-electron chi connectivity index (χ3n) is 3.77. The predicted octanol–water partition coefficient (Wildman–Crippen LogP) is 3.57. The molecule has 0 aliphatic heterocycles. The number of ether oxygens (including phenoxy) is 1. The molecule has 0 atom stereocenters. The number of halogens is 3. The monoisotopic (exact) mass is 400 g/mol. The standard InChI is InChI=1S/C18H23F3N4OS/c1-12-13(2)27-16(25-12)8-9-23-17(22-3)24-10-11-26-15-6-4-14(5-7-15)18(19,20)21/h4-7H,8-11H2,1-3H3,(H2,22,23,24). The van der Waals surface area contributed by atoms with E-state index in [1.807, 2.05) is 6.92 Å². The summed E-state index contributed by atoms with van der Waals surface area (Å²) in [5, 5.41) is 7.37. The van der Waals surface area contributed by atoms with Crippen molar-refractivity contribution in [2.24, 2.45) is 4.99 Å². The average molecular weight is 400 g/mol. The Hall–Kier alpha value is -2.29. The minimum Gasteiger partial charge on any atom is -0.492 e. The van der Waals surface area contributed by atoms with Crippen LogP contribution in [0.1, 0.15) is 21.1 Å². The summed E-state index contributed by atoms with van der Waals surface area (Å²) in [5.41, 5.74) is 0.376. The van der Waals surface area contributed by atoms with Crippen LogP contribution in [0.3, 0.4) is 0 Å². The van der Waals surface area contributed by atoms with Crippen LogP contribution in [-0.4, -0.2) is 37.7 Å². The molecule has 0 amide bonds. The number of hydrogen-bond acceptors (Lipinski definition) is 4. The highest BCUT2D eigenvalue weighted by Gasteiger charge is 2.29. The van der Waals surface area contributed by atoms with E-state index < -0.39 is 11.7 Å². The number of nitrogens with zero attached hydrogens (tertiary/aromatic N) is 2. The third-order valence-corrected chi connectivity index (χ3v) is 4.91. The molecule has 2 rings (SSSR count). The van der Waals surface area contributed by atoms with Gasteiger partial charge >= 0.3 is 6.18 Å². The van der Waals surface area contributed by atoms with Crippen molar-refractivity contribution in [1.29, 1.82) is 0 Å². The first-order valence-electron chi connectivity index (χ1n) is 8.47. The summed E-state index contributed by atoms with van der Waals surface area (Å²) >= 11 is 1.69. The predicted molar refractivity (Wildman–Crippen MR) is 102 cm³/mol. The zero-order valence-corrected chi connectivity index (χ0v) is 16.3. The molecule has 5 nitrogen and oxygen atoms in total. The number of guanidine groups is 1. The summed E-state index contributed by atoms with van der Waals surface area (Å²) in [6.45, 7) is 5.53. The molecule has 0 bridgehead atoms. The van der Waals surface area contributed by atoms with Gasteiger partial charge in [0.2, 0.25) is 0 Å². The highest BCUT2D eigenvalue weighted by Crippen LogP contribution is 2.30. The quantitative estimate of drug-likeness (QED) is 0.424. The Bertz CT molecular complexity index is 737. The second kappa shape index (κ2) is 9.59. The van der Waals surface area contributed by atoms with Gasteiger partial charge in [-0.05, 0) is 38.1 Å². The lowest BCUT2D eigenvalue weighted by atomic mass is 10.2. The van der Waals surface area contributed by atoms with Gasteiger partial charge < -0.3 is 15.4 Å². The molecule has 1 aromatic carbocycles. The van der Waals surface area contributed by atoms with Crippen molar-refractivity contribution in [2.75, 3.05) is 26.7 Å². The van der Waals surface area contributed by atoms with Crippen LogP contribution in [0.15, 0.2) is 29.3 Å². The molecule has 1 aromatic heterocycles. The summed E-state index contributed by atoms with van der Waals surface area (Å²) in [6, 6.07) is 4.64. The smallest absolute Gasteiger partial charge is 0.416 e. The molecule has 148 valence electrons. The van der Waals surface area contributed by atoms with E-state index in [0.29, 0.717) is 31.4 Å². The second-order valence-electron chi connectivity index (χ2n) is 5.80. The van der Waals surface area contributed by atoms with Crippen molar-refractivity contribution in [3.8, 4) is 5.75 Å². The van der Waals surface area contributed by atoms with E-state index >= 15 is 0 Å². The fraction of sp³-hybridized carbons (Fsp3) is 0.444. The molecular weight excluding hydrogens is 377 g/mol. The van der Waals surface area contributed by atoms with Gasteiger partial charge in [-0.15, -0.1) is 11.3 Å². The third kappa shape index (κ3) is 6.74. The van der Waals surface area contributed by atoms with Crippen LogP contribution in [0, 0.1) is 13.8 Å².